The summed E-state index contributed by atoms with van der Waals surface area (Å²) in [5, 5.41) is -0.285. The number of hydrogen-bond donors (Lipinski definition) is 0. The van der Waals surface area contributed by atoms with Crippen molar-refractivity contribution in [3.63, 3.8) is 0 Å². The molecule has 1 aromatic rings. The van der Waals surface area contributed by atoms with Crippen molar-refractivity contribution in [1.82, 2.24) is 0 Å². The molecule has 0 aliphatic heterocycles. The Kier molecular flexibility index (Phi) is 5.05. The second-order valence-electron chi connectivity index (χ2n) is 3.25. The Balaban J connectivity index is 2.55. The molecule has 1 unspecified atom stereocenters. The van der Waals surface area contributed by atoms with Crippen molar-refractivity contribution in [3.05, 3.63) is 35.9 Å². The second kappa shape index (κ2) is 6.33. The Hall–Kier alpha value is -1.29. The van der Waals surface area contributed by atoms with Gasteiger partial charge in [-0.2, -0.15) is 4.79 Å². The van der Waals surface area contributed by atoms with Crippen molar-refractivity contribution in [3.8, 4) is 0 Å². The quantitative estimate of drug-likeness (QED) is 0.460. The summed E-state index contributed by atoms with van der Waals surface area (Å²) >= 11 is 0. The number of benzene rings is 1. The Morgan fingerprint density at radius 3 is 2.44 bits per heavy atom. The van der Waals surface area contributed by atoms with E-state index in [-0.39, 0.29) is 16.8 Å². The fraction of sp³-hybridized carbons (Fsp3) is 0.333. The molecule has 0 bridgehead atoms. The number of ether oxygens (including phenoxy) is 1. The van der Waals surface area contributed by atoms with Gasteiger partial charge in [-0.15, -0.1) is 0 Å². The predicted octanol–water partition coefficient (Wildman–Crippen LogP) is 2.27. The number of Topliss-reactive ketones (excluding diaryl/α,β-unsaturated/α-hetero) is 1. The van der Waals surface area contributed by atoms with Gasteiger partial charge in [0.15, 0.2) is 5.75 Å². The standard InChI is InChI=1S/C12H15O3S/c1-3-15-12(14)16(2)9-11(13)10-7-5-4-6-8-10/h4-8H,3,9H2,1-2H3/q+1. The van der Waals surface area contributed by atoms with E-state index >= 15 is 0 Å². The lowest BCUT2D eigenvalue weighted by Crippen LogP contribution is -2.23. The highest BCUT2D eigenvalue weighted by molar-refractivity contribution is 8.10. The normalized spacial score (nSPS) is 11.9. The molecule has 4 heteroatoms. The van der Waals surface area contributed by atoms with Crippen molar-refractivity contribution in [2.24, 2.45) is 0 Å². The maximum absolute atomic E-state index is 11.8. The highest BCUT2D eigenvalue weighted by atomic mass is 32.2. The lowest BCUT2D eigenvalue weighted by Gasteiger charge is -2.01. The van der Waals surface area contributed by atoms with Gasteiger partial charge in [-0.1, -0.05) is 30.3 Å². The number of rotatable bonds is 4. The second-order valence-corrected chi connectivity index (χ2v) is 5.15. The van der Waals surface area contributed by atoms with E-state index in [4.69, 9.17) is 4.74 Å². The van der Waals surface area contributed by atoms with Gasteiger partial charge >= 0.3 is 5.30 Å². The van der Waals surface area contributed by atoms with Crippen molar-refractivity contribution >= 4 is 22.0 Å². The van der Waals surface area contributed by atoms with E-state index in [9.17, 15) is 9.59 Å². The average Bonchev–Trinajstić information content (AvgIpc) is 2.30. The third kappa shape index (κ3) is 3.70. The highest BCUT2D eigenvalue weighted by Crippen LogP contribution is 2.05. The van der Waals surface area contributed by atoms with E-state index in [1.165, 1.54) is 0 Å². The Morgan fingerprint density at radius 2 is 1.88 bits per heavy atom. The van der Waals surface area contributed by atoms with Gasteiger partial charge in [-0.05, 0) is 6.92 Å². The molecule has 0 amide bonds. The molecule has 0 radical (unpaired) electrons. The zero-order valence-corrected chi connectivity index (χ0v) is 10.3. The molecule has 0 fully saturated rings. The molecule has 0 aromatic heterocycles. The summed E-state index contributed by atoms with van der Waals surface area (Å²) in [6.45, 7) is 2.11. The number of ketones is 1. The van der Waals surface area contributed by atoms with Crippen LogP contribution in [-0.4, -0.2) is 29.7 Å². The average molecular weight is 239 g/mol. The van der Waals surface area contributed by atoms with E-state index in [0.29, 0.717) is 12.2 Å². The van der Waals surface area contributed by atoms with Gasteiger partial charge in [0.25, 0.3) is 0 Å². The Bertz CT molecular complexity index is 362. The molecule has 3 nitrogen and oxygen atoms in total. The highest BCUT2D eigenvalue weighted by Gasteiger charge is 2.28. The molecule has 0 saturated carbocycles. The van der Waals surface area contributed by atoms with Crippen molar-refractivity contribution < 1.29 is 14.3 Å². The van der Waals surface area contributed by atoms with E-state index < -0.39 is 10.9 Å². The molecular formula is C12H15O3S+. The van der Waals surface area contributed by atoms with Gasteiger partial charge in [0.1, 0.15) is 17.2 Å². The Labute approximate surface area is 98.1 Å². The van der Waals surface area contributed by atoms with Crippen LogP contribution in [-0.2, 0) is 15.6 Å². The minimum Gasteiger partial charge on any atom is -0.426 e. The van der Waals surface area contributed by atoms with Crippen LogP contribution >= 0.6 is 0 Å². The smallest absolute Gasteiger partial charge is 0.426 e. The first kappa shape index (κ1) is 12.8. The first-order valence-corrected chi connectivity index (χ1v) is 6.83. The zero-order chi connectivity index (χ0) is 12.0. The minimum atomic E-state index is -0.656. The van der Waals surface area contributed by atoms with E-state index in [1.54, 1.807) is 25.3 Å². The molecule has 16 heavy (non-hydrogen) atoms. The molecule has 0 N–H and O–H groups in total. The topological polar surface area (TPSA) is 43.4 Å². The van der Waals surface area contributed by atoms with Crippen LogP contribution in [0.5, 0.6) is 0 Å². The monoisotopic (exact) mass is 239 g/mol. The molecule has 1 rings (SSSR count). The Morgan fingerprint density at radius 1 is 1.25 bits per heavy atom. The van der Waals surface area contributed by atoms with E-state index in [0.717, 1.165) is 0 Å². The van der Waals surface area contributed by atoms with Crippen LogP contribution in [0, 0.1) is 0 Å². The third-order valence-electron chi connectivity index (χ3n) is 1.99. The molecular weight excluding hydrogens is 224 g/mol. The lowest BCUT2D eigenvalue weighted by atomic mass is 10.2. The van der Waals surface area contributed by atoms with Gasteiger partial charge in [0.05, 0.1) is 6.61 Å². The molecule has 0 heterocycles. The predicted molar refractivity (Wildman–Crippen MR) is 66.0 cm³/mol. The number of carbonyl (C=O) groups excluding carboxylic acids is 2. The fourth-order valence-electron chi connectivity index (χ4n) is 1.18. The maximum Gasteiger partial charge on any atom is 0.525 e. The van der Waals surface area contributed by atoms with Crippen molar-refractivity contribution in [2.45, 2.75) is 6.92 Å². The molecule has 0 spiro atoms. The van der Waals surface area contributed by atoms with Gasteiger partial charge < -0.3 is 4.74 Å². The maximum atomic E-state index is 11.8. The first-order valence-electron chi connectivity index (χ1n) is 5.02. The van der Waals surface area contributed by atoms with Crippen LogP contribution < -0.4 is 0 Å². The summed E-state index contributed by atoms with van der Waals surface area (Å²) in [4.78, 5) is 23.1. The first-order chi connectivity index (χ1) is 7.65. The van der Waals surface area contributed by atoms with Crippen molar-refractivity contribution in [2.75, 3.05) is 18.6 Å². The lowest BCUT2D eigenvalue weighted by molar-refractivity contribution is 0.102. The largest absolute Gasteiger partial charge is 0.525 e. The van der Waals surface area contributed by atoms with Crippen LogP contribution in [0.3, 0.4) is 0 Å². The van der Waals surface area contributed by atoms with Crippen LogP contribution in [0.25, 0.3) is 0 Å². The van der Waals surface area contributed by atoms with Gasteiger partial charge in [-0.25, -0.2) is 0 Å². The number of hydrogen-bond acceptors (Lipinski definition) is 3. The van der Waals surface area contributed by atoms with Crippen LogP contribution in [0.15, 0.2) is 30.3 Å². The zero-order valence-electron chi connectivity index (χ0n) is 9.43. The summed E-state index contributed by atoms with van der Waals surface area (Å²) in [6, 6.07) is 8.99. The molecule has 86 valence electrons. The van der Waals surface area contributed by atoms with Crippen LogP contribution in [0.2, 0.25) is 0 Å². The molecule has 0 aliphatic rings. The minimum absolute atomic E-state index is 0.0144. The molecule has 1 atom stereocenters. The third-order valence-corrected chi connectivity index (χ3v) is 3.37. The summed E-state index contributed by atoms with van der Waals surface area (Å²) in [7, 11) is -0.656. The summed E-state index contributed by atoms with van der Waals surface area (Å²) in [6.07, 6.45) is 1.73. The van der Waals surface area contributed by atoms with Crippen molar-refractivity contribution in [1.29, 1.82) is 0 Å². The molecule has 0 saturated heterocycles. The molecule has 0 aliphatic carbocycles. The van der Waals surface area contributed by atoms with E-state index in [1.807, 2.05) is 18.2 Å². The summed E-state index contributed by atoms with van der Waals surface area (Å²) in [5.74, 6) is 0.211. The van der Waals surface area contributed by atoms with Gasteiger partial charge in [0.2, 0.25) is 5.78 Å². The van der Waals surface area contributed by atoms with Gasteiger partial charge in [-0.3, -0.25) is 4.79 Å². The fourth-order valence-corrected chi connectivity index (χ4v) is 2.18. The number of carbonyl (C=O) groups is 2. The van der Waals surface area contributed by atoms with Crippen LogP contribution in [0.1, 0.15) is 17.3 Å². The molecule has 1 aromatic carbocycles. The summed E-state index contributed by atoms with van der Waals surface area (Å²) in [5.41, 5.74) is 0.645. The van der Waals surface area contributed by atoms with Gasteiger partial charge in [0, 0.05) is 5.56 Å². The summed E-state index contributed by atoms with van der Waals surface area (Å²) < 4.78 is 4.86. The SMILES string of the molecule is CCOC(=O)[S+](C)CC(=O)c1ccccc1. The van der Waals surface area contributed by atoms with Crippen LogP contribution in [0.4, 0.5) is 4.79 Å². The van der Waals surface area contributed by atoms with E-state index in [2.05, 4.69) is 0 Å².